The summed E-state index contributed by atoms with van der Waals surface area (Å²) in [5.41, 5.74) is 2.32. The Bertz CT molecular complexity index is 498. The number of rotatable bonds is 8. The molecule has 23 heavy (non-hydrogen) atoms. The van der Waals surface area contributed by atoms with Gasteiger partial charge in [-0.25, -0.2) is 0 Å². The number of methoxy groups -OCH3 is 1. The van der Waals surface area contributed by atoms with Crippen LogP contribution in [0.15, 0.2) is 23.2 Å². The number of hydrogen-bond donors (Lipinski definition) is 2. The molecule has 1 aromatic rings. The fraction of sp³-hybridized carbons (Fsp3) is 0.611. The minimum absolute atomic E-state index is 0.470. The van der Waals surface area contributed by atoms with Gasteiger partial charge in [0.1, 0.15) is 5.75 Å². The van der Waals surface area contributed by atoms with Gasteiger partial charge < -0.3 is 15.4 Å². The van der Waals surface area contributed by atoms with E-state index in [0.717, 1.165) is 36.9 Å². The fourth-order valence-electron chi connectivity index (χ4n) is 2.62. The highest BCUT2D eigenvalue weighted by Gasteiger charge is 2.10. The van der Waals surface area contributed by atoms with E-state index in [1.807, 2.05) is 0 Å². The zero-order valence-electron chi connectivity index (χ0n) is 15.4. The van der Waals surface area contributed by atoms with E-state index < -0.39 is 0 Å². The quantitative estimate of drug-likeness (QED) is 0.570. The van der Waals surface area contributed by atoms with Crippen molar-refractivity contribution < 1.29 is 4.74 Å². The number of aliphatic imine (C=N–C) groups is 1. The first-order valence-electron chi connectivity index (χ1n) is 8.37. The van der Waals surface area contributed by atoms with E-state index in [4.69, 9.17) is 4.74 Å². The van der Waals surface area contributed by atoms with E-state index in [-0.39, 0.29) is 0 Å². The van der Waals surface area contributed by atoms with Crippen LogP contribution in [0.25, 0.3) is 0 Å². The van der Waals surface area contributed by atoms with Crippen LogP contribution in [0.1, 0.15) is 31.9 Å². The molecule has 0 heterocycles. The van der Waals surface area contributed by atoms with E-state index in [1.54, 1.807) is 14.2 Å². The van der Waals surface area contributed by atoms with Crippen LogP contribution in [0.2, 0.25) is 0 Å². The highest BCUT2D eigenvalue weighted by Crippen LogP contribution is 2.19. The maximum absolute atomic E-state index is 5.44. The molecule has 1 unspecified atom stereocenters. The summed E-state index contributed by atoms with van der Waals surface area (Å²) in [5.74, 6) is 1.72. The van der Waals surface area contributed by atoms with Crippen molar-refractivity contribution in [2.24, 2.45) is 4.99 Å². The Morgan fingerprint density at radius 1 is 1.26 bits per heavy atom. The summed E-state index contributed by atoms with van der Waals surface area (Å²) in [6.07, 6.45) is 0. The third-order valence-corrected chi connectivity index (χ3v) is 4.11. The lowest BCUT2D eigenvalue weighted by atomic mass is 10.1. The molecule has 1 aromatic carbocycles. The highest BCUT2D eigenvalue weighted by molar-refractivity contribution is 5.79. The number of nitrogens with zero attached hydrogens (tertiary/aromatic N) is 2. The van der Waals surface area contributed by atoms with Crippen LogP contribution < -0.4 is 15.4 Å². The third kappa shape index (κ3) is 6.10. The van der Waals surface area contributed by atoms with Crippen molar-refractivity contribution in [2.45, 2.75) is 40.3 Å². The Morgan fingerprint density at radius 3 is 2.52 bits per heavy atom. The minimum Gasteiger partial charge on any atom is -0.496 e. The van der Waals surface area contributed by atoms with Crippen LogP contribution in [0.5, 0.6) is 5.75 Å². The molecular formula is C18H32N4O. The monoisotopic (exact) mass is 320 g/mol. The Balaban J connectivity index is 2.55. The Kier molecular flexibility index (Phi) is 8.48. The van der Waals surface area contributed by atoms with Gasteiger partial charge in [-0.05, 0) is 38.6 Å². The number of ether oxygens (including phenoxy) is 1. The van der Waals surface area contributed by atoms with Crippen LogP contribution in [0.3, 0.4) is 0 Å². The minimum atomic E-state index is 0.470. The molecule has 130 valence electrons. The molecule has 0 aliphatic heterocycles. The Morgan fingerprint density at radius 2 is 1.96 bits per heavy atom. The summed E-state index contributed by atoms with van der Waals surface area (Å²) in [6.45, 7) is 12.4. The fourth-order valence-corrected chi connectivity index (χ4v) is 2.62. The van der Waals surface area contributed by atoms with Crippen LogP contribution in [-0.4, -0.2) is 50.7 Å². The molecule has 0 saturated carbocycles. The van der Waals surface area contributed by atoms with Crippen molar-refractivity contribution in [1.29, 1.82) is 0 Å². The Hall–Kier alpha value is -1.75. The van der Waals surface area contributed by atoms with Gasteiger partial charge in [0, 0.05) is 31.7 Å². The van der Waals surface area contributed by atoms with Crippen molar-refractivity contribution in [3.63, 3.8) is 0 Å². The van der Waals surface area contributed by atoms with Crippen LogP contribution >= 0.6 is 0 Å². The first-order chi connectivity index (χ1) is 11.0. The maximum atomic E-state index is 5.44. The maximum Gasteiger partial charge on any atom is 0.191 e. The van der Waals surface area contributed by atoms with Crippen molar-refractivity contribution in [1.82, 2.24) is 15.5 Å². The zero-order valence-corrected chi connectivity index (χ0v) is 15.4. The van der Waals surface area contributed by atoms with Gasteiger partial charge >= 0.3 is 0 Å². The van der Waals surface area contributed by atoms with Gasteiger partial charge in [-0.15, -0.1) is 0 Å². The second-order valence-electron chi connectivity index (χ2n) is 5.69. The predicted octanol–water partition coefficient (Wildman–Crippen LogP) is 2.40. The topological polar surface area (TPSA) is 48.9 Å². The van der Waals surface area contributed by atoms with Gasteiger partial charge in [0.15, 0.2) is 5.96 Å². The molecule has 5 heteroatoms. The predicted molar refractivity (Wildman–Crippen MR) is 98.3 cm³/mol. The summed E-state index contributed by atoms with van der Waals surface area (Å²) in [7, 11) is 3.50. The van der Waals surface area contributed by atoms with E-state index in [0.29, 0.717) is 12.6 Å². The van der Waals surface area contributed by atoms with Gasteiger partial charge in [-0.3, -0.25) is 9.89 Å². The number of aryl methyl sites for hydroxylation is 1. The van der Waals surface area contributed by atoms with E-state index in [2.05, 4.69) is 66.4 Å². The number of nitrogens with one attached hydrogen (secondary N) is 2. The summed E-state index contributed by atoms with van der Waals surface area (Å²) >= 11 is 0. The second-order valence-corrected chi connectivity index (χ2v) is 5.69. The lowest BCUT2D eigenvalue weighted by Gasteiger charge is -2.27. The molecule has 5 nitrogen and oxygen atoms in total. The molecule has 2 N–H and O–H groups in total. The smallest absolute Gasteiger partial charge is 0.191 e. The molecule has 0 aliphatic carbocycles. The molecule has 0 spiro atoms. The van der Waals surface area contributed by atoms with Gasteiger partial charge in [0.25, 0.3) is 0 Å². The third-order valence-electron chi connectivity index (χ3n) is 4.11. The van der Waals surface area contributed by atoms with Gasteiger partial charge in [0.05, 0.1) is 7.11 Å². The summed E-state index contributed by atoms with van der Waals surface area (Å²) < 4.78 is 5.44. The second kappa shape index (κ2) is 10.1. The molecule has 0 saturated heterocycles. The van der Waals surface area contributed by atoms with Gasteiger partial charge in [0.2, 0.25) is 0 Å². The number of benzene rings is 1. The van der Waals surface area contributed by atoms with Gasteiger partial charge in [-0.1, -0.05) is 26.0 Å². The molecule has 0 radical (unpaired) electrons. The number of likely N-dealkylation sites (N-methyl/N-ethyl adjacent to an activating group) is 1. The van der Waals surface area contributed by atoms with Crippen LogP contribution in [-0.2, 0) is 6.54 Å². The average molecular weight is 320 g/mol. The van der Waals surface area contributed by atoms with E-state index in [9.17, 15) is 0 Å². The summed E-state index contributed by atoms with van der Waals surface area (Å²) in [5, 5.41) is 6.74. The normalized spacial score (nSPS) is 13.1. The lowest BCUT2D eigenvalue weighted by Crippen LogP contribution is -2.45. The average Bonchev–Trinajstić information content (AvgIpc) is 2.56. The molecule has 1 atom stereocenters. The largest absolute Gasteiger partial charge is 0.496 e. The molecule has 1 rings (SSSR count). The summed E-state index contributed by atoms with van der Waals surface area (Å²) in [6, 6.07) is 6.71. The van der Waals surface area contributed by atoms with Crippen LogP contribution in [0, 0.1) is 6.92 Å². The SMILES string of the molecule is CCN(CC)C(C)CNC(=NC)NCc1ccc(C)cc1OC. The highest BCUT2D eigenvalue weighted by atomic mass is 16.5. The molecular weight excluding hydrogens is 288 g/mol. The van der Waals surface area contributed by atoms with E-state index >= 15 is 0 Å². The first-order valence-corrected chi connectivity index (χ1v) is 8.37. The Labute approximate surface area is 141 Å². The van der Waals surface area contributed by atoms with Crippen molar-refractivity contribution >= 4 is 5.96 Å². The molecule has 0 amide bonds. The van der Waals surface area contributed by atoms with Gasteiger partial charge in [-0.2, -0.15) is 0 Å². The number of hydrogen-bond acceptors (Lipinski definition) is 3. The first kappa shape index (κ1) is 19.3. The number of guanidine groups is 1. The van der Waals surface area contributed by atoms with Crippen molar-refractivity contribution in [3.05, 3.63) is 29.3 Å². The summed E-state index contributed by atoms with van der Waals surface area (Å²) in [4.78, 5) is 6.71. The van der Waals surface area contributed by atoms with Crippen molar-refractivity contribution in [2.75, 3.05) is 33.8 Å². The molecule has 0 aliphatic rings. The zero-order chi connectivity index (χ0) is 17.2. The molecule has 0 fully saturated rings. The van der Waals surface area contributed by atoms with Crippen molar-refractivity contribution in [3.8, 4) is 5.75 Å². The molecule has 0 bridgehead atoms. The lowest BCUT2D eigenvalue weighted by molar-refractivity contribution is 0.231. The standard InChI is InChI=1S/C18H32N4O/c1-7-22(8-2)15(4)12-20-18(19-5)21-13-16-10-9-14(3)11-17(16)23-6/h9-11,15H,7-8,12-13H2,1-6H3,(H2,19,20,21). The van der Waals surface area contributed by atoms with E-state index in [1.165, 1.54) is 5.56 Å². The molecule has 0 aromatic heterocycles. The van der Waals surface area contributed by atoms with Crippen LogP contribution in [0.4, 0.5) is 0 Å².